The number of benzene rings is 1. The third-order valence-corrected chi connectivity index (χ3v) is 3.59. The molecule has 2 amide bonds. The Morgan fingerprint density at radius 1 is 1.63 bits per heavy atom. The number of aliphatic hydroxyl groups excluding tert-OH is 1. The van der Waals surface area contributed by atoms with Gasteiger partial charge in [0.1, 0.15) is 5.75 Å². The number of rotatable bonds is 3. The van der Waals surface area contributed by atoms with E-state index in [1.807, 2.05) is 0 Å². The van der Waals surface area contributed by atoms with E-state index in [2.05, 4.69) is 5.32 Å². The number of carbonyl (C=O) groups excluding carboxylic acids is 1. The van der Waals surface area contributed by atoms with Crippen LogP contribution in [0.2, 0.25) is 5.02 Å². The summed E-state index contributed by atoms with van der Waals surface area (Å²) in [4.78, 5) is 13.8. The Morgan fingerprint density at radius 3 is 3.11 bits per heavy atom. The first kappa shape index (κ1) is 14.0. The lowest BCUT2D eigenvalue weighted by Gasteiger charge is -2.23. The molecule has 1 heterocycles. The number of methoxy groups -OCH3 is 1. The van der Waals surface area contributed by atoms with Gasteiger partial charge in [0, 0.05) is 12.6 Å². The molecule has 1 aromatic carbocycles. The standard InChI is InChI=1S/C13H17ClN2O3/c1-19-10-4-5-11(14)12(7-10)15-13(18)16-6-2-3-9(16)8-17/h4-5,7,9,17H,2-3,6,8H2,1H3,(H,15,18)/t9-/m0/s1. The van der Waals surface area contributed by atoms with Gasteiger partial charge in [-0.1, -0.05) is 11.6 Å². The average Bonchev–Trinajstić information content (AvgIpc) is 2.89. The van der Waals surface area contributed by atoms with Gasteiger partial charge in [0.05, 0.1) is 30.5 Å². The van der Waals surface area contributed by atoms with E-state index < -0.39 is 0 Å². The van der Waals surface area contributed by atoms with Crippen molar-refractivity contribution in [2.24, 2.45) is 0 Å². The number of nitrogens with zero attached hydrogens (tertiary/aromatic N) is 1. The number of likely N-dealkylation sites (tertiary alicyclic amines) is 1. The molecule has 0 aliphatic carbocycles. The maximum atomic E-state index is 12.1. The minimum Gasteiger partial charge on any atom is -0.497 e. The molecule has 19 heavy (non-hydrogen) atoms. The highest BCUT2D eigenvalue weighted by atomic mass is 35.5. The third-order valence-electron chi connectivity index (χ3n) is 3.26. The van der Waals surface area contributed by atoms with Crippen LogP contribution in [0.15, 0.2) is 18.2 Å². The van der Waals surface area contributed by atoms with Crippen molar-refractivity contribution >= 4 is 23.3 Å². The molecule has 5 nitrogen and oxygen atoms in total. The van der Waals surface area contributed by atoms with Crippen LogP contribution in [0.25, 0.3) is 0 Å². The molecule has 0 radical (unpaired) electrons. The second-order valence-electron chi connectivity index (χ2n) is 4.45. The van der Waals surface area contributed by atoms with Crippen LogP contribution in [0.4, 0.5) is 10.5 Å². The Balaban J connectivity index is 2.10. The van der Waals surface area contributed by atoms with Crippen LogP contribution < -0.4 is 10.1 Å². The molecule has 0 saturated carbocycles. The summed E-state index contributed by atoms with van der Waals surface area (Å²) in [6.07, 6.45) is 1.74. The van der Waals surface area contributed by atoms with E-state index in [1.165, 1.54) is 0 Å². The predicted octanol–water partition coefficient (Wildman–Crippen LogP) is 2.34. The molecule has 0 bridgehead atoms. The zero-order valence-electron chi connectivity index (χ0n) is 10.7. The van der Waals surface area contributed by atoms with Crippen molar-refractivity contribution in [2.45, 2.75) is 18.9 Å². The fourth-order valence-corrected chi connectivity index (χ4v) is 2.37. The maximum Gasteiger partial charge on any atom is 0.322 e. The van der Waals surface area contributed by atoms with Crippen molar-refractivity contribution in [3.63, 3.8) is 0 Å². The van der Waals surface area contributed by atoms with Gasteiger partial charge >= 0.3 is 6.03 Å². The van der Waals surface area contributed by atoms with Gasteiger partial charge in [-0.15, -0.1) is 0 Å². The summed E-state index contributed by atoms with van der Waals surface area (Å²) >= 11 is 6.04. The van der Waals surface area contributed by atoms with Crippen LogP contribution in [0.5, 0.6) is 5.75 Å². The normalized spacial score (nSPS) is 18.5. The number of ether oxygens (including phenoxy) is 1. The molecule has 1 aromatic rings. The second kappa shape index (κ2) is 6.12. The van der Waals surface area contributed by atoms with Gasteiger partial charge in [0.15, 0.2) is 0 Å². The summed E-state index contributed by atoms with van der Waals surface area (Å²) in [5.41, 5.74) is 0.509. The molecule has 6 heteroatoms. The highest BCUT2D eigenvalue weighted by Gasteiger charge is 2.28. The first-order valence-electron chi connectivity index (χ1n) is 6.17. The van der Waals surface area contributed by atoms with Crippen LogP contribution in [-0.2, 0) is 0 Å². The summed E-state index contributed by atoms with van der Waals surface area (Å²) < 4.78 is 5.10. The second-order valence-corrected chi connectivity index (χ2v) is 4.86. The van der Waals surface area contributed by atoms with E-state index in [-0.39, 0.29) is 18.7 Å². The Labute approximate surface area is 117 Å². The number of urea groups is 1. The monoisotopic (exact) mass is 284 g/mol. The molecule has 2 N–H and O–H groups in total. The minimum atomic E-state index is -0.244. The van der Waals surface area contributed by atoms with Crippen molar-refractivity contribution in [1.82, 2.24) is 4.90 Å². The number of carbonyl (C=O) groups is 1. The highest BCUT2D eigenvalue weighted by molar-refractivity contribution is 6.33. The Bertz CT molecular complexity index is 467. The van der Waals surface area contributed by atoms with Crippen LogP contribution in [0.1, 0.15) is 12.8 Å². The zero-order valence-corrected chi connectivity index (χ0v) is 11.5. The van der Waals surface area contributed by atoms with Crippen LogP contribution >= 0.6 is 11.6 Å². The number of aliphatic hydroxyl groups is 1. The SMILES string of the molecule is COc1ccc(Cl)c(NC(=O)N2CCC[C@H]2CO)c1. The molecule has 1 atom stereocenters. The lowest BCUT2D eigenvalue weighted by molar-refractivity contribution is 0.166. The molecule has 104 valence electrons. The van der Waals surface area contributed by atoms with Crippen LogP contribution in [0.3, 0.4) is 0 Å². The van der Waals surface area contributed by atoms with E-state index >= 15 is 0 Å². The molecule has 0 unspecified atom stereocenters. The molecule has 1 aliphatic heterocycles. The third kappa shape index (κ3) is 3.11. The van der Waals surface area contributed by atoms with E-state index in [9.17, 15) is 9.90 Å². The molecule has 0 spiro atoms. The molecular formula is C13H17ClN2O3. The van der Waals surface area contributed by atoms with Gasteiger partial charge < -0.3 is 20.1 Å². The molecular weight excluding hydrogens is 268 g/mol. The number of hydrogen-bond acceptors (Lipinski definition) is 3. The van der Waals surface area contributed by atoms with E-state index in [4.69, 9.17) is 16.3 Å². The Hall–Kier alpha value is -1.46. The molecule has 2 rings (SSSR count). The number of amides is 2. The first-order chi connectivity index (χ1) is 9.15. The summed E-state index contributed by atoms with van der Waals surface area (Å²) in [6.45, 7) is 0.637. The molecule has 1 saturated heterocycles. The summed E-state index contributed by atoms with van der Waals surface area (Å²) in [5, 5.41) is 12.4. The number of nitrogens with one attached hydrogen (secondary N) is 1. The maximum absolute atomic E-state index is 12.1. The van der Waals surface area contributed by atoms with Crippen molar-refractivity contribution in [2.75, 3.05) is 25.6 Å². The van der Waals surface area contributed by atoms with E-state index in [1.54, 1.807) is 30.2 Å². The van der Waals surface area contributed by atoms with Crippen molar-refractivity contribution in [1.29, 1.82) is 0 Å². The van der Waals surface area contributed by atoms with Gasteiger partial charge in [-0.05, 0) is 25.0 Å². The molecule has 1 fully saturated rings. The Morgan fingerprint density at radius 2 is 2.42 bits per heavy atom. The van der Waals surface area contributed by atoms with E-state index in [0.717, 1.165) is 12.8 Å². The van der Waals surface area contributed by atoms with E-state index in [0.29, 0.717) is 23.0 Å². The lowest BCUT2D eigenvalue weighted by Crippen LogP contribution is -2.40. The summed E-state index contributed by atoms with van der Waals surface area (Å²) in [6, 6.07) is 4.72. The van der Waals surface area contributed by atoms with Crippen molar-refractivity contribution in [3.05, 3.63) is 23.2 Å². The fraction of sp³-hybridized carbons (Fsp3) is 0.462. The number of hydrogen-bond donors (Lipinski definition) is 2. The summed E-state index contributed by atoms with van der Waals surface area (Å²) in [5.74, 6) is 0.625. The topological polar surface area (TPSA) is 61.8 Å². The van der Waals surface area contributed by atoms with Gasteiger partial charge in [-0.25, -0.2) is 4.79 Å². The number of anilines is 1. The molecule has 0 aromatic heterocycles. The minimum absolute atomic E-state index is 0.0146. The van der Waals surface area contributed by atoms with Crippen molar-refractivity contribution < 1.29 is 14.6 Å². The van der Waals surface area contributed by atoms with Crippen molar-refractivity contribution in [3.8, 4) is 5.75 Å². The Kier molecular flexibility index (Phi) is 4.50. The van der Waals surface area contributed by atoms with Gasteiger partial charge in [0.2, 0.25) is 0 Å². The zero-order chi connectivity index (χ0) is 13.8. The average molecular weight is 285 g/mol. The predicted molar refractivity (Wildman–Crippen MR) is 73.8 cm³/mol. The fourth-order valence-electron chi connectivity index (χ4n) is 2.21. The molecule has 1 aliphatic rings. The highest BCUT2D eigenvalue weighted by Crippen LogP contribution is 2.27. The largest absolute Gasteiger partial charge is 0.497 e. The lowest BCUT2D eigenvalue weighted by atomic mass is 10.2. The van der Waals surface area contributed by atoms with Crippen LogP contribution in [0, 0.1) is 0 Å². The first-order valence-corrected chi connectivity index (χ1v) is 6.55. The van der Waals surface area contributed by atoms with Gasteiger partial charge in [0.25, 0.3) is 0 Å². The smallest absolute Gasteiger partial charge is 0.322 e. The number of halogens is 1. The van der Waals surface area contributed by atoms with Crippen LogP contribution in [-0.4, -0.2) is 42.3 Å². The van der Waals surface area contributed by atoms with Gasteiger partial charge in [-0.3, -0.25) is 0 Å². The quantitative estimate of drug-likeness (QED) is 0.895. The summed E-state index contributed by atoms with van der Waals surface area (Å²) in [7, 11) is 1.55. The van der Waals surface area contributed by atoms with Gasteiger partial charge in [-0.2, -0.15) is 0 Å².